The number of hydrogen-bond acceptors (Lipinski definition) is 7. The van der Waals surface area contributed by atoms with Gasteiger partial charge in [0, 0.05) is 13.1 Å². The lowest BCUT2D eigenvalue weighted by Gasteiger charge is -2.17. The van der Waals surface area contributed by atoms with Gasteiger partial charge in [0.15, 0.2) is 0 Å². The summed E-state index contributed by atoms with van der Waals surface area (Å²) in [6, 6.07) is 16.1. The largest absolute Gasteiger partial charge is 0.508 e. The molecule has 4 rings (SSSR count). The number of sulfonamides is 1. The minimum Gasteiger partial charge on any atom is -0.508 e. The molecule has 0 spiro atoms. The molecule has 1 atom stereocenters. The third kappa shape index (κ3) is 7.20. The number of nitrogens with zero attached hydrogens (tertiary/aromatic N) is 2. The molecule has 38 heavy (non-hydrogen) atoms. The summed E-state index contributed by atoms with van der Waals surface area (Å²) in [6.07, 6.45) is -3.17. The van der Waals surface area contributed by atoms with E-state index in [1.54, 1.807) is 23.1 Å². The van der Waals surface area contributed by atoms with Gasteiger partial charge in [0.2, 0.25) is 15.9 Å². The molecule has 0 aromatic heterocycles. The van der Waals surface area contributed by atoms with E-state index in [2.05, 4.69) is 9.82 Å². The van der Waals surface area contributed by atoms with E-state index in [-0.39, 0.29) is 16.6 Å². The standard InChI is InChI=1S/C22H22N4O4S.C2HF3O2/c23-24-13-15-2-1-3-16(10-15)14-26-9-8-21(22(26)28)25-31(29,30)20-7-5-17-4-6-19(27)11-18(17)12-20;3-2(4,5)1(6)7/h1-7,10-13,21,25,27H,8-9,14,23H2;(H,6,7)/t21-;/m0./s1. The molecule has 0 saturated carbocycles. The van der Waals surface area contributed by atoms with Crippen molar-refractivity contribution in [3.8, 4) is 5.75 Å². The Morgan fingerprint density at radius 3 is 2.47 bits per heavy atom. The first-order valence-electron chi connectivity index (χ1n) is 11.0. The molecule has 0 unspecified atom stereocenters. The van der Waals surface area contributed by atoms with E-state index in [9.17, 15) is 31.5 Å². The molecule has 1 heterocycles. The summed E-state index contributed by atoms with van der Waals surface area (Å²) in [5.41, 5.74) is 1.73. The van der Waals surface area contributed by atoms with E-state index in [1.165, 1.54) is 24.4 Å². The first-order chi connectivity index (χ1) is 17.8. The Morgan fingerprint density at radius 1 is 1.13 bits per heavy atom. The van der Waals surface area contributed by atoms with Crippen molar-refractivity contribution < 1.29 is 41.4 Å². The number of carbonyl (C=O) groups is 2. The number of likely N-dealkylation sites (tertiary alicyclic amines) is 1. The van der Waals surface area contributed by atoms with Crippen molar-refractivity contribution in [2.24, 2.45) is 10.9 Å². The third-order valence-electron chi connectivity index (χ3n) is 5.49. The zero-order chi connectivity index (χ0) is 28.1. The first kappa shape index (κ1) is 28.4. The van der Waals surface area contributed by atoms with E-state index in [4.69, 9.17) is 15.7 Å². The van der Waals surface area contributed by atoms with Gasteiger partial charge in [-0.25, -0.2) is 13.2 Å². The predicted molar refractivity (Wildman–Crippen MR) is 132 cm³/mol. The minimum absolute atomic E-state index is 0.0469. The quantitative estimate of drug-likeness (QED) is 0.207. The van der Waals surface area contributed by atoms with Gasteiger partial charge in [-0.15, -0.1) is 0 Å². The molecule has 0 radical (unpaired) electrons. The van der Waals surface area contributed by atoms with Gasteiger partial charge < -0.3 is 21.0 Å². The minimum atomic E-state index is -5.08. The molecule has 3 aromatic carbocycles. The van der Waals surface area contributed by atoms with Crippen molar-refractivity contribution in [1.82, 2.24) is 9.62 Å². The number of carboxylic acids is 1. The Kier molecular flexibility index (Phi) is 8.58. The van der Waals surface area contributed by atoms with Crippen LogP contribution >= 0.6 is 0 Å². The van der Waals surface area contributed by atoms with Gasteiger partial charge in [0.25, 0.3) is 0 Å². The maximum absolute atomic E-state index is 12.9. The van der Waals surface area contributed by atoms with Gasteiger partial charge in [-0.2, -0.15) is 23.0 Å². The number of nitrogens with two attached hydrogens (primary N) is 1. The van der Waals surface area contributed by atoms with Gasteiger partial charge in [0.1, 0.15) is 11.8 Å². The smallest absolute Gasteiger partial charge is 0.490 e. The molecule has 1 aliphatic heterocycles. The van der Waals surface area contributed by atoms with Crippen LogP contribution in [0, 0.1) is 0 Å². The lowest BCUT2D eigenvalue weighted by molar-refractivity contribution is -0.192. The number of halogens is 3. The number of amides is 1. The van der Waals surface area contributed by atoms with E-state index in [1.807, 2.05) is 24.3 Å². The molecular weight excluding hydrogens is 529 g/mol. The number of phenolic OH excluding ortho intramolecular Hbond substituents is 1. The number of rotatable bonds is 6. The molecule has 5 N–H and O–H groups in total. The second kappa shape index (κ2) is 11.5. The molecule has 1 fully saturated rings. The summed E-state index contributed by atoms with van der Waals surface area (Å²) >= 11 is 0. The zero-order valence-electron chi connectivity index (χ0n) is 19.6. The van der Waals surface area contributed by atoms with Crippen molar-refractivity contribution in [2.45, 2.75) is 30.1 Å². The maximum Gasteiger partial charge on any atom is 0.490 e. The van der Waals surface area contributed by atoms with Crippen molar-refractivity contribution >= 4 is 38.9 Å². The molecule has 1 amide bonds. The number of fused-ring (bicyclic) bond motifs is 1. The van der Waals surface area contributed by atoms with Crippen LogP contribution in [0.4, 0.5) is 13.2 Å². The Labute approximate surface area is 215 Å². The fraction of sp³-hybridized carbons (Fsp3) is 0.208. The number of hydrazone groups is 1. The molecule has 14 heteroatoms. The van der Waals surface area contributed by atoms with Gasteiger partial charge >= 0.3 is 12.1 Å². The molecule has 0 aliphatic carbocycles. The molecular formula is C24H23F3N4O6S. The zero-order valence-corrected chi connectivity index (χ0v) is 20.4. The highest BCUT2D eigenvalue weighted by Crippen LogP contribution is 2.24. The molecule has 202 valence electrons. The number of aliphatic carboxylic acids is 1. The fourth-order valence-corrected chi connectivity index (χ4v) is 4.98. The Balaban J connectivity index is 0.000000505. The van der Waals surface area contributed by atoms with Crippen molar-refractivity contribution in [3.05, 3.63) is 71.8 Å². The van der Waals surface area contributed by atoms with Crippen molar-refractivity contribution in [1.29, 1.82) is 0 Å². The summed E-state index contributed by atoms with van der Waals surface area (Å²) in [6.45, 7) is 0.825. The SMILES string of the molecule is NN=Cc1cccc(CN2CC[C@H](NS(=O)(=O)c3ccc4ccc(O)cc4c3)C2=O)c1.O=C(O)C(F)(F)F. The number of carbonyl (C=O) groups excluding carboxylic acids is 1. The Bertz CT molecular complexity index is 1480. The van der Waals surface area contributed by atoms with Crippen LogP contribution in [-0.2, 0) is 26.2 Å². The van der Waals surface area contributed by atoms with Crippen LogP contribution in [-0.4, -0.2) is 60.4 Å². The summed E-state index contributed by atoms with van der Waals surface area (Å²) in [7, 11) is -3.90. The van der Waals surface area contributed by atoms with Crippen LogP contribution in [0.2, 0.25) is 0 Å². The summed E-state index contributed by atoms with van der Waals surface area (Å²) in [5.74, 6) is 2.22. The monoisotopic (exact) mass is 552 g/mol. The second-order valence-electron chi connectivity index (χ2n) is 8.24. The summed E-state index contributed by atoms with van der Waals surface area (Å²) in [5, 5.41) is 21.7. The first-order valence-corrected chi connectivity index (χ1v) is 12.4. The summed E-state index contributed by atoms with van der Waals surface area (Å²) < 4.78 is 60.0. The van der Waals surface area contributed by atoms with Crippen molar-refractivity contribution in [3.63, 3.8) is 0 Å². The number of alkyl halides is 3. The fourth-order valence-electron chi connectivity index (χ4n) is 3.72. The van der Waals surface area contributed by atoms with E-state index in [0.29, 0.717) is 24.9 Å². The molecule has 1 aliphatic rings. The number of aromatic hydroxyl groups is 1. The molecule has 0 bridgehead atoms. The number of phenols is 1. The molecule has 3 aromatic rings. The van der Waals surface area contributed by atoms with E-state index < -0.39 is 28.2 Å². The highest BCUT2D eigenvalue weighted by atomic mass is 32.2. The topological polar surface area (TPSA) is 162 Å². The number of nitrogens with one attached hydrogen (secondary N) is 1. The van der Waals surface area contributed by atoms with Crippen LogP contribution in [0.3, 0.4) is 0 Å². The highest BCUT2D eigenvalue weighted by molar-refractivity contribution is 7.89. The van der Waals surface area contributed by atoms with E-state index >= 15 is 0 Å². The number of hydrogen-bond donors (Lipinski definition) is 4. The van der Waals surface area contributed by atoms with Crippen LogP contribution in [0.15, 0.2) is 70.7 Å². The maximum atomic E-state index is 12.9. The average molecular weight is 553 g/mol. The average Bonchev–Trinajstić information content (AvgIpc) is 3.17. The normalized spacial score (nSPS) is 16.0. The van der Waals surface area contributed by atoms with Gasteiger partial charge in [-0.1, -0.05) is 30.3 Å². The van der Waals surface area contributed by atoms with Gasteiger partial charge in [0.05, 0.1) is 11.1 Å². The van der Waals surface area contributed by atoms with E-state index in [0.717, 1.165) is 16.5 Å². The molecule has 10 nitrogen and oxygen atoms in total. The summed E-state index contributed by atoms with van der Waals surface area (Å²) in [4.78, 5) is 23.4. The van der Waals surface area contributed by atoms with Gasteiger partial charge in [-0.3, -0.25) is 4.79 Å². The number of carboxylic acid groups (broad SMARTS) is 1. The third-order valence-corrected chi connectivity index (χ3v) is 6.96. The predicted octanol–water partition coefficient (Wildman–Crippen LogP) is 2.55. The second-order valence-corrected chi connectivity index (χ2v) is 9.96. The Hall–Kier alpha value is -4.17. The van der Waals surface area contributed by atoms with Crippen LogP contribution < -0.4 is 10.6 Å². The lowest BCUT2D eigenvalue weighted by atomic mass is 10.1. The highest BCUT2D eigenvalue weighted by Gasteiger charge is 2.38. The van der Waals surface area contributed by atoms with Crippen LogP contribution in [0.5, 0.6) is 5.75 Å². The Morgan fingerprint density at radius 2 is 1.82 bits per heavy atom. The number of benzene rings is 3. The molecule has 1 saturated heterocycles. The van der Waals surface area contributed by atoms with Crippen LogP contribution in [0.25, 0.3) is 10.8 Å². The lowest BCUT2D eigenvalue weighted by Crippen LogP contribution is -2.41. The van der Waals surface area contributed by atoms with Crippen molar-refractivity contribution in [2.75, 3.05) is 6.54 Å². The van der Waals surface area contributed by atoms with Crippen LogP contribution in [0.1, 0.15) is 17.5 Å². The van der Waals surface area contributed by atoms with Gasteiger partial charge in [-0.05, 0) is 58.7 Å².